The zero-order valence-corrected chi connectivity index (χ0v) is 15.2. The summed E-state index contributed by atoms with van der Waals surface area (Å²) < 4.78 is 41.7. The van der Waals surface area contributed by atoms with Crippen LogP contribution in [0.3, 0.4) is 0 Å². The Kier molecular flexibility index (Phi) is 7.70. The van der Waals surface area contributed by atoms with Gasteiger partial charge in [0.2, 0.25) is 5.78 Å². The fourth-order valence-corrected chi connectivity index (χ4v) is 2.24. The molecule has 0 aliphatic rings. The summed E-state index contributed by atoms with van der Waals surface area (Å²) >= 11 is 0. The molecule has 29 heavy (non-hydrogen) atoms. The van der Waals surface area contributed by atoms with Gasteiger partial charge in [0.05, 0.1) is 6.42 Å². The third kappa shape index (κ3) is 7.61. The summed E-state index contributed by atoms with van der Waals surface area (Å²) in [6.07, 6.45) is -3.50. The number of carbonyl (C=O) groups is 3. The number of ketones is 2. The lowest BCUT2D eigenvalue weighted by Gasteiger charge is -2.05. The molecule has 5 nitrogen and oxygen atoms in total. The van der Waals surface area contributed by atoms with Crippen molar-refractivity contribution in [2.75, 3.05) is 6.54 Å². The van der Waals surface area contributed by atoms with Gasteiger partial charge in [-0.25, -0.2) is 4.79 Å². The third-order valence-electron chi connectivity index (χ3n) is 3.76. The Hall–Kier alpha value is -3.42. The number of hydrogen-bond donors (Lipinski definition) is 1. The van der Waals surface area contributed by atoms with Crippen LogP contribution < -0.4 is 5.32 Å². The maximum Gasteiger partial charge on any atom is 0.450 e. The molecule has 0 radical (unpaired) electrons. The van der Waals surface area contributed by atoms with Gasteiger partial charge < -0.3 is 10.1 Å². The molecule has 0 heterocycles. The smallest absolute Gasteiger partial charge is 0.445 e. The van der Waals surface area contributed by atoms with Crippen molar-refractivity contribution in [2.24, 2.45) is 0 Å². The number of carbonyl (C=O) groups excluding carboxylic acids is 3. The minimum Gasteiger partial charge on any atom is -0.445 e. The van der Waals surface area contributed by atoms with Crippen molar-refractivity contribution in [1.82, 2.24) is 5.32 Å². The van der Waals surface area contributed by atoms with Gasteiger partial charge in [0.1, 0.15) is 6.61 Å². The molecule has 2 aromatic rings. The fraction of sp³-hybridized carbons (Fsp3) is 0.190. The van der Waals surface area contributed by atoms with Gasteiger partial charge in [0, 0.05) is 12.1 Å². The van der Waals surface area contributed by atoms with E-state index < -0.39 is 30.3 Å². The minimum atomic E-state index is -5.02. The van der Waals surface area contributed by atoms with E-state index in [1.807, 2.05) is 30.3 Å². The zero-order chi connectivity index (χ0) is 21.3. The lowest BCUT2D eigenvalue weighted by molar-refractivity contribution is -0.170. The van der Waals surface area contributed by atoms with Gasteiger partial charge in [-0.15, -0.1) is 0 Å². The van der Waals surface area contributed by atoms with Crippen LogP contribution in [-0.4, -0.2) is 30.4 Å². The lowest BCUT2D eigenvalue weighted by Crippen LogP contribution is -2.25. The number of halogens is 3. The Bertz CT molecular complexity index is 875. The number of hydrogen-bond acceptors (Lipinski definition) is 4. The molecule has 0 aliphatic carbocycles. The highest BCUT2D eigenvalue weighted by atomic mass is 19.4. The molecular weight excluding hydrogens is 387 g/mol. The first-order chi connectivity index (χ1) is 13.8. The summed E-state index contributed by atoms with van der Waals surface area (Å²) in [6.45, 7) is 0.358. The summed E-state index contributed by atoms with van der Waals surface area (Å²) in [5.41, 5.74) is 1.55. The predicted octanol–water partition coefficient (Wildman–Crippen LogP) is 4.33. The summed E-state index contributed by atoms with van der Waals surface area (Å²) in [5, 5.41) is 2.54. The van der Waals surface area contributed by atoms with E-state index in [1.54, 1.807) is 12.2 Å². The van der Waals surface area contributed by atoms with Crippen molar-refractivity contribution >= 4 is 23.7 Å². The molecule has 2 aromatic carbocycles. The molecule has 0 atom stereocenters. The second-order valence-corrected chi connectivity index (χ2v) is 5.99. The van der Waals surface area contributed by atoms with Crippen LogP contribution in [0.2, 0.25) is 0 Å². The molecule has 0 bridgehead atoms. The van der Waals surface area contributed by atoms with Crippen LogP contribution in [0.25, 0.3) is 6.08 Å². The highest BCUT2D eigenvalue weighted by molar-refractivity contribution is 6.09. The Labute approximate surface area is 165 Å². The molecule has 0 saturated carbocycles. The molecule has 0 saturated heterocycles. The van der Waals surface area contributed by atoms with Gasteiger partial charge in [-0.3, -0.25) is 9.59 Å². The van der Waals surface area contributed by atoms with Crippen molar-refractivity contribution < 1.29 is 32.3 Å². The highest BCUT2D eigenvalue weighted by Gasteiger charge is 2.39. The molecule has 0 unspecified atom stereocenters. The number of alkyl halides is 3. The van der Waals surface area contributed by atoms with Crippen LogP contribution >= 0.6 is 0 Å². The first-order valence-corrected chi connectivity index (χ1v) is 8.60. The first-order valence-electron chi connectivity index (χ1n) is 8.60. The van der Waals surface area contributed by atoms with Crippen molar-refractivity contribution in [1.29, 1.82) is 0 Å². The number of nitrogens with one attached hydrogen (secondary N) is 1. The average molecular weight is 405 g/mol. The number of alkyl carbamates (subject to hydrolysis) is 1. The van der Waals surface area contributed by atoms with E-state index in [9.17, 15) is 27.6 Å². The fourth-order valence-electron chi connectivity index (χ4n) is 2.24. The van der Waals surface area contributed by atoms with Crippen molar-refractivity contribution in [2.45, 2.75) is 19.2 Å². The molecule has 1 amide bonds. The summed E-state index contributed by atoms with van der Waals surface area (Å²) in [5.74, 6) is -2.97. The normalized spacial score (nSPS) is 11.3. The number of rotatable bonds is 8. The monoisotopic (exact) mass is 405 g/mol. The summed E-state index contributed by atoms with van der Waals surface area (Å²) in [4.78, 5) is 34.2. The second kappa shape index (κ2) is 10.2. The third-order valence-corrected chi connectivity index (χ3v) is 3.76. The van der Waals surface area contributed by atoms with E-state index in [0.29, 0.717) is 5.56 Å². The molecular formula is C21H18F3NO4. The number of ether oxygens (including phenoxy) is 1. The highest BCUT2D eigenvalue weighted by Crippen LogP contribution is 2.19. The number of benzene rings is 2. The van der Waals surface area contributed by atoms with Gasteiger partial charge in [0.25, 0.3) is 0 Å². The van der Waals surface area contributed by atoms with Crippen molar-refractivity contribution in [3.63, 3.8) is 0 Å². The lowest BCUT2D eigenvalue weighted by atomic mass is 10.0. The zero-order valence-electron chi connectivity index (χ0n) is 15.2. The molecule has 0 fully saturated rings. The van der Waals surface area contributed by atoms with Crippen molar-refractivity contribution in [3.05, 3.63) is 77.4 Å². The molecule has 8 heteroatoms. The molecule has 0 spiro atoms. The van der Waals surface area contributed by atoms with Crippen LogP contribution in [-0.2, 0) is 16.1 Å². The van der Waals surface area contributed by atoms with Crippen molar-refractivity contribution in [3.8, 4) is 0 Å². The summed E-state index contributed by atoms with van der Waals surface area (Å²) in [7, 11) is 0. The van der Waals surface area contributed by atoms with E-state index in [2.05, 4.69) is 5.32 Å². The van der Waals surface area contributed by atoms with E-state index >= 15 is 0 Å². The molecule has 1 N–H and O–H groups in total. The van der Waals surface area contributed by atoms with Crippen LogP contribution in [0.5, 0.6) is 0 Å². The second-order valence-electron chi connectivity index (χ2n) is 5.99. The van der Waals surface area contributed by atoms with Gasteiger partial charge in [-0.1, -0.05) is 66.7 Å². The predicted molar refractivity (Wildman–Crippen MR) is 100 cm³/mol. The Morgan fingerprint density at radius 3 is 2.24 bits per heavy atom. The van der Waals surface area contributed by atoms with Gasteiger partial charge in [-0.2, -0.15) is 13.2 Å². The number of amides is 1. The first kappa shape index (κ1) is 21.9. The summed E-state index contributed by atoms with van der Waals surface area (Å²) in [6, 6.07) is 14.9. The maximum atomic E-state index is 12.2. The Morgan fingerprint density at radius 1 is 0.966 bits per heavy atom. The van der Waals surface area contributed by atoms with Crippen LogP contribution in [0.1, 0.15) is 27.9 Å². The van der Waals surface area contributed by atoms with E-state index in [0.717, 1.165) is 5.56 Å². The van der Waals surface area contributed by atoms with Crippen LogP contribution in [0.4, 0.5) is 18.0 Å². The van der Waals surface area contributed by atoms with E-state index in [-0.39, 0.29) is 18.7 Å². The SMILES string of the molecule is O=C(NCC=Cc1ccc(C(=O)CC(=O)C(F)(F)F)cc1)OCc1ccccc1. The maximum absolute atomic E-state index is 12.2. The van der Waals surface area contributed by atoms with E-state index in [4.69, 9.17) is 4.74 Å². The quantitative estimate of drug-likeness (QED) is 0.524. The Balaban J connectivity index is 1.76. The standard InChI is InChI=1S/C21H18F3NO4/c22-21(23,24)19(27)13-18(26)17-10-8-15(9-11-17)7-4-12-25-20(28)29-14-16-5-2-1-3-6-16/h1-11H,12-14H2,(H,25,28). The van der Waals surface area contributed by atoms with Gasteiger partial charge in [-0.05, 0) is 11.1 Å². The van der Waals surface area contributed by atoms with Crippen LogP contribution in [0.15, 0.2) is 60.7 Å². The molecule has 0 aromatic heterocycles. The number of Topliss-reactive ketones (excluding diaryl/α,β-unsaturated/α-hetero) is 2. The topological polar surface area (TPSA) is 72.5 Å². The average Bonchev–Trinajstić information content (AvgIpc) is 2.70. The van der Waals surface area contributed by atoms with Crippen LogP contribution in [0, 0.1) is 0 Å². The minimum absolute atomic E-state index is 0.0161. The van der Waals surface area contributed by atoms with E-state index in [1.165, 1.54) is 24.3 Å². The Morgan fingerprint density at radius 2 is 1.62 bits per heavy atom. The molecule has 2 rings (SSSR count). The van der Waals surface area contributed by atoms with Gasteiger partial charge >= 0.3 is 12.3 Å². The largest absolute Gasteiger partial charge is 0.450 e. The molecule has 152 valence electrons. The van der Waals surface area contributed by atoms with Gasteiger partial charge in [0.15, 0.2) is 5.78 Å². The molecule has 0 aliphatic heterocycles.